The number of pyridine rings is 1. The summed E-state index contributed by atoms with van der Waals surface area (Å²) in [6, 6.07) is 12.9. The maximum atomic E-state index is 13.4. The number of nitrogens with one attached hydrogen (secondary N) is 3. The maximum Gasteiger partial charge on any atom is 0.320 e. The van der Waals surface area contributed by atoms with Crippen LogP contribution in [0.5, 0.6) is 5.75 Å². The Morgan fingerprint density at radius 2 is 1.74 bits per heavy atom. The molecule has 0 bridgehead atoms. The van der Waals surface area contributed by atoms with Crippen LogP contribution in [-0.2, 0) is 15.6 Å². The van der Waals surface area contributed by atoms with E-state index in [2.05, 4.69) is 67.9 Å². The van der Waals surface area contributed by atoms with Crippen molar-refractivity contribution in [2.75, 3.05) is 44.7 Å². The zero-order valence-corrected chi connectivity index (χ0v) is 30.0. The van der Waals surface area contributed by atoms with Crippen molar-refractivity contribution in [3.8, 4) is 5.75 Å². The van der Waals surface area contributed by atoms with E-state index in [0.717, 1.165) is 54.5 Å². The van der Waals surface area contributed by atoms with Crippen LogP contribution >= 0.6 is 0 Å². The van der Waals surface area contributed by atoms with Gasteiger partial charge in [0.25, 0.3) is 5.91 Å². The van der Waals surface area contributed by atoms with E-state index in [1.54, 1.807) is 6.07 Å². The monoisotopic (exact) mass is 683 g/mol. The van der Waals surface area contributed by atoms with E-state index >= 15 is 0 Å². The lowest BCUT2D eigenvalue weighted by Crippen LogP contribution is -2.37. The fourth-order valence-electron chi connectivity index (χ4n) is 6.38. The van der Waals surface area contributed by atoms with Crippen LogP contribution in [0.15, 0.2) is 48.7 Å². The van der Waals surface area contributed by atoms with Gasteiger partial charge < -0.3 is 20.1 Å². The molecule has 3 aromatic heterocycles. The Balaban J connectivity index is 1.13. The number of rotatable bonds is 8. The quantitative estimate of drug-likeness (QED) is 0.224. The van der Waals surface area contributed by atoms with E-state index in [1.807, 2.05) is 61.7 Å². The minimum atomic E-state index is -0.412. The Labute approximate surface area is 293 Å². The molecule has 2 atom stereocenters. The number of carbonyl (C=O) groups is 2. The standard InChI is InChI=1S/C37H49N9O4/c1-36(2,3)29-22-30(41-32(40-29)33(47)38-16-18-45-17-9-20-49-21-19-45)42-35(48)39-27-13-14-28(26-11-8-7-10-25(26)27)50-24-12-15-31-43-44-34(37(4,5)6)46(31)23-24/h7-8,10-12,15,22-23,27-28H,9,13-14,16-21H2,1-6H3,(H,38,47)(H2,39,40,41,42,48)/t27-,28+/m0/s1. The molecular formula is C37H49N9O4. The predicted molar refractivity (Wildman–Crippen MR) is 191 cm³/mol. The molecule has 1 aliphatic heterocycles. The van der Waals surface area contributed by atoms with Crippen LogP contribution in [0.1, 0.15) is 106 Å². The minimum absolute atomic E-state index is 0.0224. The molecule has 6 rings (SSSR count). The Morgan fingerprint density at radius 1 is 0.940 bits per heavy atom. The average molecular weight is 684 g/mol. The summed E-state index contributed by atoms with van der Waals surface area (Å²) in [5.74, 6) is 1.50. The number of amides is 3. The number of nitrogens with zero attached hydrogens (tertiary/aromatic N) is 6. The molecule has 50 heavy (non-hydrogen) atoms. The zero-order valence-electron chi connectivity index (χ0n) is 30.0. The normalized spacial score (nSPS) is 18.6. The van der Waals surface area contributed by atoms with E-state index in [-0.39, 0.29) is 40.5 Å². The van der Waals surface area contributed by atoms with Crippen LogP contribution in [0.3, 0.4) is 0 Å². The minimum Gasteiger partial charge on any atom is -0.484 e. The molecule has 13 heteroatoms. The fraction of sp³-hybridized carbons (Fsp3) is 0.514. The van der Waals surface area contributed by atoms with E-state index < -0.39 is 6.03 Å². The Morgan fingerprint density at radius 3 is 2.52 bits per heavy atom. The lowest BCUT2D eigenvalue weighted by molar-refractivity contribution is 0.0936. The second-order valence-electron chi connectivity index (χ2n) is 15.1. The number of anilines is 1. The number of ether oxygens (including phenoxy) is 2. The summed E-state index contributed by atoms with van der Waals surface area (Å²) in [6.45, 7) is 16.8. The van der Waals surface area contributed by atoms with Crippen molar-refractivity contribution in [1.82, 2.24) is 40.1 Å². The van der Waals surface area contributed by atoms with Gasteiger partial charge in [-0.05, 0) is 42.5 Å². The van der Waals surface area contributed by atoms with Crippen LogP contribution in [0.2, 0.25) is 0 Å². The summed E-state index contributed by atoms with van der Waals surface area (Å²) in [7, 11) is 0. The third-order valence-electron chi connectivity index (χ3n) is 9.03. The molecule has 4 heterocycles. The smallest absolute Gasteiger partial charge is 0.320 e. The van der Waals surface area contributed by atoms with Gasteiger partial charge in [-0.25, -0.2) is 14.8 Å². The van der Waals surface area contributed by atoms with Gasteiger partial charge in [-0.3, -0.25) is 19.4 Å². The van der Waals surface area contributed by atoms with Crippen molar-refractivity contribution < 1.29 is 19.1 Å². The van der Waals surface area contributed by atoms with Crippen LogP contribution in [0.25, 0.3) is 5.65 Å². The topological polar surface area (TPSA) is 148 Å². The first-order chi connectivity index (χ1) is 23.8. The summed E-state index contributed by atoms with van der Waals surface area (Å²) in [4.78, 5) is 37.9. The molecule has 4 aromatic rings. The lowest BCUT2D eigenvalue weighted by Gasteiger charge is -2.32. The molecule has 13 nitrogen and oxygen atoms in total. The zero-order chi connectivity index (χ0) is 35.5. The van der Waals surface area contributed by atoms with Crippen LogP contribution in [-0.4, -0.2) is 80.8 Å². The van der Waals surface area contributed by atoms with Gasteiger partial charge in [0.2, 0.25) is 5.82 Å². The highest BCUT2D eigenvalue weighted by Crippen LogP contribution is 2.39. The Bertz CT molecular complexity index is 1820. The van der Waals surface area contributed by atoms with E-state index in [9.17, 15) is 9.59 Å². The van der Waals surface area contributed by atoms with Crippen LogP contribution in [0, 0.1) is 0 Å². The highest BCUT2D eigenvalue weighted by Gasteiger charge is 2.30. The van der Waals surface area contributed by atoms with Crippen LogP contribution < -0.4 is 20.7 Å². The highest BCUT2D eigenvalue weighted by atomic mass is 16.5. The molecule has 0 radical (unpaired) electrons. The lowest BCUT2D eigenvalue weighted by atomic mass is 9.85. The molecular weight excluding hydrogens is 634 g/mol. The number of aromatic nitrogens is 5. The van der Waals surface area contributed by atoms with Gasteiger partial charge >= 0.3 is 6.03 Å². The third kappa shape index (κ3) is 8.39. The number of benzene rings is 1. The Kier molecular flexibility index (Phi) is 10.4. The number of hydrogen-bond acceptors (Lipinski definition) is 9. The van der Waals surface area contributed by atoms with Gasteiger partial charge in [0.05, 0.1) is 24.5 Å². The number of hydrogen-bond donors (Lipinski definition) is 3. The van der Waals surface area contributed by atoms with Gasteiger partial charge in [-0.15, -0.1) is 10.2 Å². The molecule has 0 unspecified atom stereocenters. The number of carbonyl (C=O) groups excluding carboxylic acids is 2. The summed E-state index contributed by atoms with van der Waals surface area (Å²) < 4.78 is 14.1. The fourth-order valence-corrected chi connectivity index (χ4v) is 6.38. The predicted octanol–water partition coefficient (Wildman–Crippen LogP) is 5.34. The van der Waals surface area contributed by atoms with E-state index in [1.165, 1.54) is 0 Å². The van der Waals surface area contributed by atoms with E-state index in [0.29, 0.717) is 38.2 Å². The van der Waals surface area contributed by atoms with Gasteiger partial charge in [-0.2, -0.15) is 0 Å². The van der Waals surface area contributed by atoms with Crippen molar-refractivity contribution in [3.05, 3.63) is 77.1 Å². The Hall–Kier alpha value is -4.62. The summed E-state index contributed by atoms with van der Waals surface area (Å²) in [5, 5.41) is 17.7. The van der Waals surface area contributed by atoms with Crippen molar-refractivity contribution >= 4 is 23.4 Å². The molecule has 3 N–H and O–H groups in total. The largest absolute Gasteiger partial charge is 0.484 e. The number of urea groups is 1. The molecule has 3 amide bonds. The average Bonchev–Trinajstić information content (AvgIpc) is 3.33. The van der Waals surface area contributed by atoms with Crippen molar-refractivity contribution in [2.45, 2.75) is 83.8 Å². The molecule has 266 valence electrons. The van der Waals surface area contributed by atoms with Gasteiger partial charge in [0.1, 0.15) is 23.5 Å². The molecule has 1 aromatic carbocycles. The summed E-state index contributed by atoms with van der Waals surface area (Å²) in [6.07, 6.45) is 4.10. The summed E-state index contributed by atoms with van der Waals surface area (Å²) in [5.41, 5.74) is 2.89. The molecule has 1 saturated heterocycles. The first-order valence-corrected chi connectivity index (χ1v) is 17.5. The number of fused-ring (bicyclic) bond motifs is 2. The van der Waals surface area contributed by atoms with Crippen molar-refractivity contribution in [3.63, 3.8) is 0 Å². The van der Waals surface area contributed by atoms with Crippen molar-refractivity contribution in [2.24, 2.45) is 0 Å². The van der Waals surface area contributed by atoms with Crippen molar-refractivity contribution in [1.29, 1.82) is 0 Å². The summed E-state index contributed by atoms with van der Waals surface area (Å²) >= 11 is 0. The van der Waals surface area contributed by atoms with E-state index in [4.69, 9.17) is 9.47 Å². The van der Waals surface area contributed by atoms with Crippen LogP contribution in [0.4, 0.5) is 10.6 Å². The molecule has 0 spiro atoms. The highest BCUT2D eigenvalue weighted by molar-refractivity contribution is 5.92. The van der Waals surface area contributed by atoms with Gasteiger partial charge in [0.15, 0.2) is 5.65 Å². The SMILES string of the molecule is CC(C)(C)c1cc(NC(=O)N[C@H]2CC[C@@H](Oc3ccc4nnc(C(C)(C)C)n4c3)c3ccccc32)nc(C(=O)NCCN2CCCOCC2)n1. The second kappa shape index (κ2) is 14.7. The molecule has 1 aliphatic carbocycles. The molecule has 2 aliphatic rings. The van der Waals surface area contributed by atoms with Gasteiger partial charge in [0, 0.05) is 49.7 Å². The first-order valence-electron chi connectivity index (χ1n) is 17.5. The third-order valence-corrected chi connectivity index (χ3v) is 9.03. The first kappa shape index (κ1) is 35.2. The molecule has 0 saturated carbocycles. The molecule has 1 fully saturated rings. The maximum absolute atomic E-state index is 13.4. The van der Waals surface area contributed by atoms with Gasteiger partial charge in [-0.1, -0.05) is 65.8 Å². The second-order valence-corrected chi connectivity index (χ2v) is 15.1.